The monoisotopic (exact) mass is 290 g/mol. The first-order valence-electron chi connectivity index (χ1n) is 8.28. The number of piperazine rings is 1. The average Bonchev–Trinajstić information content (AvgIpc) is 2.49. The molecule has 1 saturated heterocycles. The Morgan fingerprint density at radius 1 is 1.19 bits per heavy atom. The van der Waals surface area contributed by atoms with Crippen LogP contribution in [-0.2, 0) is 6.54 Å². The maximum Gasteiger partial charge on any atom is 0.128 e. The van der Waals surface area contributed by atoms with Crippen molar-refractivity contribution in [1.29, 1.82) is 0 Å². The molecule has 4 nitrogen and oxygen atoms in total. The van der Waals surface area contributed by atoms with Crippen molar-refractivity contribution in [3.63, 3.8) is 0 Å². The normalized spacial score (nSPS) is 16.7. The highest BCUT2D eigenvalue weighted by Crippen LogP contribution is 2.17. The van der Waals surface area contributed by atoms with Gasteiger partial charge in [-0.3, -0.25) is 4.90 Å². The second-order valence-electron chi connectivity index (χ2n) is 6.21. The maximum absolute atomic E-state index is 4.81. The number of nitrogens with zero attached hydrogens (tertiary/aromatic N) is 3. The second-order valence-corrected chi connectivity index (χ2v) is 6.21. The van der Waals surface area contributed by atoms with Gasteiger partial charge in [0, 0.05) is 44.5 Å². The molecule has 0 spiro atoms. The smallest absolute Gasteiger partial charge is 0.128 e. The molecule has 1 aromatic rings. The molecule has 0 aromatic carbocycles. The van der Waals surface area contributed by atoms with Gasteiger partial charge >= 0.3 is 0 Å². The summed E-state index contributed by atoms with van der Waals surface area (Å²) in [4.78, 5) is 9.76. The third-order valence-corrected chi connectivity index (χ3v) is 4.29. The first kappa shape index (κ1) is 16.2. The summed E-state index contributed by atoms with van der Waals surface area (Å²) in [6, 6.07) is 5.06. The van der Waals surface area contributed by atoms with Crippen LogP contribution in [0.1, 0.15) is 38.4 Å². The van der Waals surface area contributed by atoms with E-state index >= 15 is 0 Å². The zero-order valence-corrected chi connectivity index (χ0v) is 14.0. The van der Waals surface area contributed by atoms with Gasteiger partial charge in [0.1, 0.15) is 5.82 Å². The van der Waals surface area contributed by atoms with Crippen LogP contribution < -0.4 is 10.2 Å². The van der Waals surface area contributed by atoms with Crippen LogP contribution in [0, 0.1) is 6.92 Å². The van der Waals surface area contributed by atoms with Crippen LogP contribution in [0.5, 0.6) is 0 Å². The third-order valence-electron chi connectivity index (χ3n) is 4.29. The summed E-state index contributed by atoms with van der Waals surface area (Å²) < 4.78 is 0. The molecule has 0 atom stereocenters. The van der Waals surface area contributed by atoms with E-state index in [1.807, 2.05) is 0 Å². The van der Waals surface area contributed by atoms with E-state index in [9.17, 15) is 0 Å². The van der Waals surface area contributed by atoms with Crippen LogP contribution in [0.2, 0.25) is 0 Å². The van der Waals surface area contributed by atoms with Crippen molar-refractivity contribution in [2.75, 3.05) is 37.6 Å². The standard InChI is InChI=1S/C17H30N4/c1-5-8-18-13-16-6-7-17(19-15(16)4)21-11-9-20(10-12-21)14(2)3/h6-7,14,18H,5,8-13H2,1-4H3. The Balaban J connectivity index is 1.94. The van der Waals surface area contributed by atoms with Crippen molar-refractivity contribution in [2.24, 2.45) is 0 Å². The molecule has 2 rings (SSSR count). The van der Waals surface area contributed by atoms with Crippen molar-refractivity contribution >= 4 is 5.82 Å². The van der Waals surface area contributed by atoms with E-state index in [2.05, 4.69) is 54.9 Å². The summed E-state index contributed by atoms with van der Waals surface area (Å²) in [5.74, 6) is 1.13. The highest BCUT2D eigenvalue weighted by Gasteiger charge is 2.19. The zero-order valence-electron chi connectivity index (χ0n) is 14.0. The van der Waals surface area contributed by atoms with Crippen LogP contribution >= 0.6 is 0 Å². The summed E-state index contributed by atoms with van der Waals surface area (Å²) in [6.07, 6.45) is 1.17. The molecule has 1 aromatic heterocycles. The topological polar surface area (TPSA) is 31.4 Å². The summed E-state index contributed by atoms with van der Waals surface area (Å²) in [7, 11) is 0. The van der Waals surface area contributed by atoms with Gasteiger partial charge in [-0.2, -0.15) is 0 Å². The molecule has 1 aliphatic heterocycles. The number of pyridine rings is 1. The van der Waals surface area contributed by atoms with E-state index in [1.54, 1.807) is 0 Å². The van der Waals surface area contributed by atoms with Crippen molar-refractivity contribution in [3.8, 4) is 0 Å². The number of aromatic nitrogens is 1. The third kappa shape index (κ3) is 4.42. The molecular formula is C17H30N4. The van der Waals surface area contributed by atoms with Crippen LogP contribution in [0.4, 0.5) is 5.82 Å². The van der Waals surface area contributed by atoms with Crippen molar-refractivity contribution in [2.45, 2.75) is 46.7 Å². The minimum atomic E-state index is 0.647. The van der Waals surface area contributed by atoms with E-state index in [0.717, 1.165) is 50.8 Å². The number of rotatable bonds is 6. The van der Waals surface area contributed by atoms with Crippen LogP contribution in [0.25, 0.3) is 0 Å². The Morgan fingerprint density at radius 2 is 1.90 bits per heavy atom. The number of nitrogens with one attached hydrogen (secondary N) is 1. The largest absolute Gasteiger partial charge is 0.354 e. The summed E-state index contributed by atoms with van der Waals surface area (Å²) in [5.41, 5.74) is 2.47. The zero-order chi connectivity index (χ0) is 15.2. The van der Waals surface area contributed by atoms with E-state index in [1.165, 1.54) is 12.0 Å². The van der Waals surface area contributed by atoms with E-state index in [4.69, 9.17) is 4.98 Å². The molecule has 0 saturated carbocycles. The summed E-state index contributed by atoms with van der Waals surface area (Å²) >= 11 is 0. The molecule has 21 heavy (non-hydrogen) atoms. The predicted octanol–water partition coefficient (Wildman–Crippen LogP) is 2.42. The van der Waals surface area contributed by atoms with E-state index < -0.39 is 0 Å². The first-order valence-corrected chi connectivity index (χ1v) is 8.28. The van der Waals surface area contributed by atoms with Gasteiger partial charge in [0.25, 0.3) is 0 Å². The average molecular weight is 290 g/mol. The molecule has 1 fully saturated rings. The fraction of sp³-hybridized carbons (Fsp3) is 0.706. The quantitative estimate of drug-likeness (QED) is 0.815. The van der Waals surface area contributed by atoms with Gasteiger partial charge in [0.05, 0.1) is 0 Å². The minimum absolute atomic E-state index is 0.647. The molecular weight excluding hydrogens is 260 g/mol. The number of hydrogen-bond acceptors (Lipinski definition) is 4. The number of anilines is 1. The Bertz CT molecular complexity index is 436. The maximum atomic E-state index is 4.81. The lowest BCUT2D eigenvalue weighted by atomic mass is 10.2. The van der Waals surface area contributed by atoms with Gasteiger partial charge in [0.15, 0.2) is 0 Å². The minimum Gasteiger partial charge on any atom is -0.354 e. The molecule has 0 amide bonds. The Morgan fingerprint density at radius 3 is 2.48 bits per heavy atom. The summed E-state index contributed by atoms with van der Waals surface area (Å²) in [5, 5.41) is 3.45. The Hall–Kier alpha value is -1.13. The van der Waals surface area contributed by atoms with Crippen molar-refractivity contribution in [3.05, 3.63) is 23.4 Å². The number of aryl methyl sites for hydroxylation is 1. The second kappa shape index (κ2) is 7.76. The van der Waals surface area contributed by atoms with Gasteiger partial charge in [0.2, 0.25) is 0 Å². The SMILES string of the molecule is CCCNCc1ccc(N2CCN(C(C)C)CC2)nc1C. The molecule has 0 aliphatic carbocycles. The van der Waals surface area contributed by atoms with Crippen LogP contribution in [-0.4, -0.2) is 48.6 Å². The fourth-order valence-corrected chi connectivity index (χ4v) is 2.81. The molecule has 4 heteroatoms. The van der Waals surface area contributed by atoms with E-state index in [-0.39, 0.29) is 0 Å². The Labute approximate surface area is 129 Å². The molecule has 1 aliphatic rings. The van der Waals surface area contributed by atoms with Crippen molar-refractivity contribution in [1.82, 2.24) is 15.2 Å². The van der Waals surface area contributed by atoms with Crippen LogP contribution in [0.15, 0.2) is 12.1 Å². The lowest BCUT2D eigenvalue weighted by molar-refractivity contribution is 0.209. The molecule has 0 radical (unpaired) electrons. The number of hydrogen-bond donors (Lipinski definition) is 1. The van der Waals surface area contributed by atoms with Gasteiger partial charge < -0.3 is 10.2 Å². The molecule has 2 heterocycles. The van der Waals surface area contributed by atoms with Gasteiger partial charge in [-0.05, 0) is 45.4 Å². The molecule has 0 bridgehead atoms. The van der Waals surface area contributed by atoms with Gasteiger partial charge in [-0.25, -0.2) is 4.98 Å². The fourth-order valence-electron chi connectivity index (χ4n) is 2.81. The predicted molar refractivity (Wildman–Crippen MR) is 89.9 cm³/mol. The first-order chi connectivity index (χ1) is 10.1. The van der Waals surface area contributed by atoms with Crippen LogP contribution in [0.3, 0.4) is 0 Å². The Kier molecular flexibility index (Phi) is 6.00. The summed E-state index contributed by atoms with van der Waals surface area (Å²) in [6.45, 7) is 15.3. The van der Waals surface area contributed by atoms with Gasteiger partial charge in [-0.1, -0.05) is 13.0 Å². The van der Waals surface area contributed by atoms with Gasteiger partial charge in [-0.15, -0.1) is 0 Å². The van der Waals surface area contributed by atoms with Crippen molar-refractivity contribution < 1.29 is 0 Å². The highest BCUT2D eigenvalue weighted by molar-refractivity contribution is 5.42. The van der Waals surface area contributed by atoms with E-state index in [0.29, 0.717) is 6.04 Å². The highest BCUT2D eigenvalue weighted by atomic mass is 15.3. The lowest BCUT2D eigenvalue weighted by Gasteiger charge is -2.37. The molecule has 118 valence electrons. The lowest BCUT2D eigenvalue weighted by Crippen LogP contribution is -2.49. The molecule has 1 N–H and O–H groups in total. The molecule has 0 unspecified atom stereocenters.